The van der Waals surface area contributed by atoms with Crippen LogP contribution < -0.4 is 4.74 Å². The molecule has 0 saturated carbocycles. The minimum absolute atomic E-state index is 0.00421. The lowest BCUT2D eigenvalue weighted by Crippen LogP contribution is -2.15. The lowest BCUT2D eigenvalue weighted by molar-refractivity contribution is -0.151. The first-order valence-electron chi connectivity index (χ1n) is 9.07. The van der Waals surface area contributed by atoms with Crippen molar-refractivity contribution in [3.8, 4) is 5.75 Å². The van der Waals surface area contributed by atoms with E-state index in [2.05, 4.69) is 4.74 Å². The van der Waals surface area contributed by atoms with Gasteiger partial charge in [0, 0.05) is 24.4 Å². The molecule has 0 bridgehead atoms. The highest BCUT2D eigenvalue weighted by Crippen LogP contribution is 2.34. The van der Waals surface area contributed by atoms with E-state index in [1.54, 1.807) is 35.9 Å². The van der Waals surface area contributed by atoms with Crippen LogP contribution in [0.5, 0.6) is 5.75 Å². The normalized spacial score (nSPS) is 11.5. The molecular weight excluding hydrogens is 413 g/mol. The van der Waals surface area contributed by atoms with Crippen molar-refractivity contribution in [3.05, 3.63) is 70.6 Å². The van der Waals surface area contributed by atoms with Gasteiger partial charge in [0.05, 0.1) is 29.6 Å². The molecule has 3 aromatic rings. The number of ether oxygens (including phenoxy) is 2. The summed E-state index contributed by atoms with van der Waals surface area (Å²) in [5.41, 5.74) is 1.74. The summed E-state index contributed by atoms with van der Waals surface area (Å²) in [6.07, 6.45) is 2.44. The zero-order valence-electron chi connectivity index (χ0n) is 16.3. The number of benzene rings is 2. The number of carbonyl (C=O) groups is 2. The van der Waals surface area contributed by atoms with Gasteiger partial charge in [0.25, 0.3) is 5.78 Å². The van der Waals surface area contributed by atoms with E-state index < -0.39 is 23.3 Å². The summed E-state index contributed by atoms with van der Waals surface area (Å²) in [6.45, 7) is 1.95. The van der Waals surface area contributed by atoms with Crippen LogP contribution >= 0.6 is 11.6 Å². The Morgan fingerprint density at radius 3 is 2.70 bits per heavy atom. The molecule has 3 rings (SSSR count). The summed E-state index contributed by atoms with van der Waals surface area (Å²) in [5, 5.41) is 11.1. The van der Waals surface area contributed by atoms with Crippen molar-refractivity contribution in [3.63, 3.8) is 0 Å². The quantitative estimate of drug-likeness (QED) is 0.257. The Balaban J connectivity index is 2.09. The molecule has 0 amide bonds. The highest BCUT2D eigenvalue weighted by molar-refractivity contribution is 6.39. The van der Waals surface area contributed by atoms with Crippen molar-refractivity contribution in [2.24, 2.45) is 0 Å². The molecule has 0 aliphatic heterocycles. The van der Waals surface area contributed by atoms with Gasteiger partial charge in [-0.25, -0.2) is 9.18 Å². The van der Waals surface area contributed by atoms with E-state index in [-0.39, 0.29) is 11.6 Å². The minimum atomic E-state index is -1.05. The minimum Gasteiger partial charge on any atom is -0.507 e. The van der Waals surface area contributed by atoms with Crippen molar-refractivity contribution >= 4 is 40.0 Å². The van der Waals surface area contributed by atoms with E-state index in [4.69, 9.17) is 16.3 Å². The number of rotatable bonds is 7. The molecule has 0 atom stereocenters. The Kier molecular flexibility index (Phi) is 6.42. The molecule has 1 N–H and O–H groups in total. The van der Waals surface area contributed by atoms with Gasteiger partial charge in [-0.15, -0.1) is 0 Å². The molecule has 0 aliphatic carbocycles. The van der Waals surface area contributed by atoms with E-state index in [9.17, 15) is 19.1 Å². The topological polar surface area (TPSA) is 77.8 Å². The summed E-state index contributed by atoms with van der Waals surface area (Å²) < 4.78 is 25.3. The number of hydrogen-bond donors (Lipinski definition) is 1. The van der Waals surface area contributed by atoms with Crippen molar-refractivity contribution in [2.75, 3.05) is 13.7 Å². The Labute approximate surface area is 177 Å². The van der Waals surface area contributed by atoms with Gasteiger partial charge in [-0.3, -0.25) is 4.79 Å². The van der Waals surface area contributed by atoms with Crippen LogP contribution in [0.4, 0.5) is 4.39 Å². The van der Waals surface area contributed by atoms with Crippen molar-refractivity contribution < 1.29 is 28.6 Å². The number of nitrogens with zero attached hydrogens (tertiary/aromatic N) is 1. The molecule has 6 nitrogen and oxygen atoms in total. The molecule has 0 aliphatic rings. The number of aromatic nitrogens is 1. The maximum absolute atomic E-state index is 13.5. The third kappa shape index (κ3) is 4.31. The summed E-state index contributed by atoms with van der Waals surface area (Å²) >= 11 is 5.88. The van der Waals surface area contributed by atoms with Crippen molar-refractivity contribution in [2.45, 2.75) is 13.5 Å². The van der Waals surface area contributed by atoms with Gasteiger partial charge in [0.1, 0.15) is 17.3 Å². The molecule has 30 heavy (non-hydrogen) atoms. The Morgan fingerprint density at radius 1 is 1.27 bits per heavy atom. The molecular formula is C22H19ClFNO5. The summed E-state index contributed by atoms with van der Waals surface area (Å²) in [7, 11) is 1.49. The fraction of sp³-hybridized carbons (Fsp3) is 0.182. The third-order valence-corrected chi connectivity index (χ3v) is 4.73. The first-order valence-corrected chi connectivity index (χ1v) is 9.45. The zero-order valence-corrected chi connectivity index (χ0v) is 17.1. The number of hydrogen-bond acceptors (Lipinski definition) is 5. The van der Waals surface area contributed by atoms with Crippen LogP contribution in [-0.2, 0) is 20.9 Å². The van der Waals surface area contributed by atoms with Gasteiger partial charge in [0.2, 0.25) is 0 Å². The third-order valence-electron chi connectivity index (χ3n) is 4.45. The molecule has 0 fully saturated rings. The number of methoxy groups -OCH3 is 1. The fourth-order valence-corrected chi connectivity index (χ4v) is 3.32. The monoisotopic (exact) mass is 431 g/mol. The lowest BCUT2D eigenvalue weighted by Gasteiger charge is -2.08. The van der Waals surface area contributed by atoms with Gasteiger partial charge in [-0.2, -0.15) is 0 Å². The van der Waals surface area contributed by atoms with Crippen molar-refractivity contribution in [1.82, 2.24) is 4.57 Å². The van der Waals surface area contributed by atoms with Crippen LogP contribution in [0, 0.1) is 5.82 Å². The van der Waals surface area contributed by atoms with Crippen LogP contribution in [-0.4, -0.2) is 35.1 Å². The molecule has 0 spiro atoms. The first-order chi connectivity index (χ1) is 14.3. The SMILES string of the molecule is CCOC(=O)C(=O)C=C(O)c1cn(Cc2ccc(F)c(Cl)c2)c2cccc(OC)c12. The maximum atomic E-state index is 13.5. The van der Waals surface area contributed by atoms with E-state index in [1.165, 1.54) is 19.2 Å². The molecule has 1 aromatic heterocycles. The standard InChI is InChI=1S/C22H19ClFNO5/c1-3-30-22(28)19(27)10-18(26)14-12-25(11-13-7-8-16(24)15(23)9-13)17-5-4-6-20(29-2)21(14)17/h4-10,12,26H,3,11H2,1-2H3. The number of esters is 1. The average molecular weight is 432 g/mol. The van der Waals surface area contributed by atoms with E-state index in [1.807, 2.05) is 6.07 Å². The second-order valence-electron chi connectivity index (χ2n) is 6.39. The fourth-order valence-electron chi connectivity index (χ4n) is 3.11. The molecule has 2 aromatic carbocycles. The van der Waals surface area contributed by atoms with Gasteiger partial charge in [-0.05, 0) is 36.8 Å². The van der Waals surface area contributed by atoms with Gasteiger partial charge in [0.15, 0.2) is 0 Å². The first kappa shape index (κ1) is 21.4. The molecule has 0 unspecified atom stereocenters. The van der Waals surface area contributed by atoms with Crippen LogP contribution in [0.25, 0.3) is 16.7 Å². The zero-order chi connectivity index (χ0) is 21.8. The predicted molar refractivity (Wildman–Crippen MR) is 111 cm³/mol. The molecule has 8 heteroatoms. The number of aliphatic hydroxyl groups excluding tert-OH is 1. The second-order valence-corrected chi connectivity index (χ2v) is 6.80. The average Bonchev–Trinajstić information content (AvgIpc) is 3.09. The maximum Gasteiger partial charge on any atom is 0.379 e. The summed E-state index contributed by atoms with van der Waals surface area (Å²) in [6, 6.07) is 9.71. The molecule has 0 radical (unpaired) electrons. The highest BCUT2D eigenvalue weighted by atomic mass is 35.5. The second kappa shape index (κ2) is 9.00. The molecule has 1 heterocycles. The number of ketones is 1. The van der Waals surface area contributed by atoms with Crippen LogP contribution in [0.15, 0.2) is 48.7 Å². The summed E-state index contributed by atoms with van der Waals surface area (Å²) in [5.74, 6) is -2.48. The number of halogens is 2. The lowest BCUT2D eigenvalue weighted by atomic mass is 10.1. The number of carbonyl (C=O) groups excluding carboxylic acids is 2. The number of aliphatic hydroxyl groups is 1. The van der Waals surface area contributed by atoms with Gasteiger partial charge >= 0.3 is 5.97 Å². The molecule has 156 valence electrons. The summed E-state index contributed by atoms with van der Waals surface area (Å²) in [4.78, 5) is 23.6. The Bertz CT molecular complexity index is 1150. The van der Waals surface area contributed by atoms with Crippen LogP contribution in [0.1, 0.15) is 18.1 Å². The van der Waals surface area contributed by atoms with Gasteiger partial charge < -0.3 is 19.1 Å². The largest absolute Gasteiger partial charge is 0.507 e. The van der Waals surface area contributed by atoms with E-state index in [0.717, 1.165) is 11.6 Å². The Hall–Kier alpha value is -3.32. The highest BCUT2D eigenvalue weighted by Gasteiger charge is 2.19. The van der Waals surface area contributed by atoms with Gasteiger partial charge in [-0.1, -0.05) is 23.7 Å². The van der Waals surface area contributed by atoms with Crippen LogP contribution in [0.3, 0.4) is 0 Å². The van der Waals surface area contributed by atoms with Crippen LogP contribution in [0.2, 0.25) is 5.02 Å². The smallest absolute Gasteiger partial charge is 0.379 e. The number of fused-ring (bicyclic) bond motifs is 1. The molecule has 0 saturated heterocycles. The Morgan fingerprint density at radius 2 is 2.03 bits per heavy atom. The predicted octanol–water partition coefficient (Wildman–Crippen LogP) is 4.52. The van der Waals surface area contributed by atoms with E-state index >= 15 is 0 Å². The van der Waals surface area contributed by atoms with Crippen molar-refractivity contribution in [1.29, 1.82) is 0 Å². The van der Waals surface area contributed by atoms with E-state index in [0.29, 0.717) is 28.8 Å².